The third-order valence-electron chi connectivity index (χ3n) is 3.74. The highest BCUT2D eigenvalue weighted by molar-refractivity contribution is 9.10. The van der Waals surface area contributed by atoms with E-state index >= 15 is 0 Å². The van der Waals surface area contributed by atoms with Crippen molar-refractivity contribution in [3.8, 4) is 0 Å². The molecule has 0 radical (unpaired) electrons. The smallest absolute Gasteiger partial charge is 0.115 e. The fraction of sp³-hybridized carbons (Fsp3) is 0.438. The molecule has 0 aliphatic heterocycles. The lowest BCUT2D eigenvalue weighted by Crippen LogP contribution is -2.24. The summed E-state index contributed by atoms with van der Waals surface area (Å²) in [5.74, 6) is 0. The lowest BCUT2D eigenvalue weighted by molar-refractivity contribution is 0.597. The van der Waals surface area contributed by atoms with Crippen molar-refractivity contribution in [2.45, 2.75) is 45.2 Å². The molecule has 1 fully saturated rings. The molecule has 1 aliphatic carbocycles. The van der Waals surface area contributed by atoms with Gasteiger partial charge in [0.05, 0.1) is 11.7 Å². The van der Waals surface area contributed by atoms with E-state index < -0.39 is 0 Å². The Kier molecular flexibility index (Phi) is 4.69. The topological polar surface area (TPSA) is 24.9 Å². The van der Waals surface area contributed by atoms with E-state index in [1.54, 1.807) is 11.3 Å². The zero-order valence-electron chi connectivity index (χ0n) is 12.1. The molecule has 1 aromatic carbocycles. The Labute approximate surface area is 143 Å². The summed E-state index contributed by atoms with van der Waals surface area (Å²) in [6, 6.07) is 6.80. The highest BCUT2D eigenvalue weighted by Crippen LogP contribution is 2.36. The summed E-state index contributed by atoms with van der Waals surface area (Å²) in [4.78, 5) is 6.14. The van der Waals surface area contributed by atoms with Crippen LogP contribution in [-0.2, 0) is 6.42 Å². The minimum atomic E-state index is 0.0992. The first kappa shape index (κ1) is 15.5. The molecule has 1 saturated carbocycles. The number of nitrogens with one attached hydrogen (secondary N) is 1. The predicted molar refractivity (Wildman–Crippen MR) is 93.4 cm³/mol. The van der Waals surface area contributed by atoms with E-state index in [1.807, 2.05) is 12.1 Å². The molecular weight excluding hydrogens is 368 g/mol. The number of hydrogen-bond acceptors (Lipinski definition) is 3. The molecule has 112 valence electrons. The first-order valence-corrected chi connectivity index (χ1v) is 9.24. The number of nitrogens with zero attached hydrogens (tertiary/aromatic N) is 1. The zero-order chi connectivity index (χ0) is 15.0. The van der Waals surface area contributed by atoms with Crippen LogP contribution in [-0.4, -0.2) is 11.0 Å². The van der Waals surface area contributed by atoms with Crippen LogP contribution in [0.4, 0.5) is 0 Å². The van der Waals surface area contributed by atoms with E-state index in [1.165, 1.54) is 23.4 Å². The van der Waals surface area contributed by atoms with Crippen molar-refractivity contribution in [2.24, 2.45) is 0 Å². The quantitative estimate of drug-likeness (QED) is 0.758. The van der Waals surface area contributed by atoms with Crippen LogP contribution in [0, 0.1) is 6.92 Å². The minimum Gasteiger partial charge on any atom is -0.301 e. The molecule has 0 amide bonds. The van der Waals surface area contributed by atoms with E-state index in [0.717, 1.165) is 26.5 Å². The van der Waals surface area contributed by atoms with Crippen molar-refractivity contribution >= 4 is 38.9 Å². The second-order valence-corrected chi connectivity index (χ2v) is 8.01. The van der Waals surface area contributed by atoms with Gasteiger partial charge in [-0.1, -0.05) is 40.5 Å². The maximum absolute atomic E-state index is 6.47. The van der Waals surface area contributed by atoms with Crippen LogP contribution in [0.2, 0.25) is 5.02 Å². The molecular formula is C16H18BrClN2S. The largest absolute Gasteiger partial charge is 0.301 e. The lowest BCUT2D eigenvalue weighted by Gasteiger charge is -2.18. The van der Waals surface area contributed by atoms with E-state index in [0.29, 0.717) is 6.04 Å². The van der Waals surface area contributed by atoms with Gasteiger partial charge in [-0.3, -0.25) is 0 Å². The number of aromatic nitrogens is 1. The molecule has 0 saturated heterocycles. The van der Waals surface area contributed by atoms with E-state index in [-0.39, 0.29) is 6.04 Å². The maximum atomic E-state index is 6.47. The number of hydrogen-bond donors (Lipinski definition) is 1. The molecule has 0 bridgehead atoms. The average Bonchev–Trinajstić information content (AvgIpc) is 3.18. The SMILES string of the molecule is CCc1nc(C(NC2CC2)c2ccc(Br)cc2Cl)sc1C. The molecule has 1 atom stereocenters. The highest BCUT2D eigenvalue weighted by atomic mass is 79.9. The van der Waals surface area contributed by atoms with Crippen molar-refractivity contribution in [3.63, 3.8) is 0 Å². The molecule has 0 spiro atoms. The van der Waals surface area contributed by atoms with Crippen LogP contribution >= 0.6 is 38.9 Å². The Morgan fingerprint density at radius 1 is 1.48 bits per heavy atom. The van der Waals surface area contributed by atoms with E-state index in [9.17, 15) is 0 Å². The van der Waals surface area contributed by atoms with Crippen LogP contribution in [0.5, 0.6) is 0 Å². The lowest BCUT2D eigenvalue weighted by atomic mass is 10.1. The minimum absolute atomic E-state index is 0.0992. The van der Waals surface area contributed by atoms with Gasteiger partial charge in [-0.05, 0) is 43.9 Å². The van der Waals surface area contributed by atoms with Gasteiger partial charge in [0, 0.05) is 20.4 Å². The fourth-order valence-corrected chi connectivity index (χ4v) is 4.29. The number of rotatable bonds is 5. The molecule has 1 unspecified atom stereocenters. The van der Waals surface area contributed by atoms with Crippen LogP contribution in [0.15, 0.2) is 22.7 Å². The van der Waals surface area contributed by atoms with Crippen LogP contribution in [0.3, 0.4) is 0 Å². The van der Waals surface area contributed by atoms with Gasteiger partial charge in [-0.25, -0.2) is 4.98 Å². The third kappa shape index (κ3) is 3.50. The normalized spacial score (nSPS) is 16.2. The summed E-state index contributed by atoms with van der Waals surface area (Å²) < 4.78 is 1.01. The van der Waals surface area contributed by atoms with E-state index in [4.69, 9.17) is 16.6 Å². The van der Waals surface area contributed by atoms with Gasteiger partial charge >= 0.3 is 0 Å². The Balaban J connectivity index is 1.99. The predicted octanol–water partition coefficient (Wildman–Crippen LogP) is 5.27. The Bertz CT molecular complexity index is 652. The Hall–Kier alpha value is -0.420. The van der Waals surface area contributed by atoms with Crippen LogP contribution < -0.4 is 5.32 Å². The number of thiazole rings is 1. The van der Waals surface area contributed by atoms with Crippen molar-refractivity contribution in [1.29, 1.82) is 0 Å². The van der Waals surface area contributed by atoms with Crippen molar-refractivity contribution < 1.29 is 0 Å². The van der Waals surface area contributed by atoms with Gasteiger partial charge in [0.1, 0.15) is 5.01 Å². The van der Waals surface area contributed by atoms with Gasteiger partial charge in [-0.15, -0.1) is 11.3 Å². The van der Waals surface area contributed by atoms with Gasteiger partial charge < -0.3 is 5.32 Å². The highest BCUT2D eigenvalue weighted by Gasteiger charge is 2.29. The van der Waals surface area contributed by atoms with Gasteiger partial charge in [0.15, 0.2) is 0 Å². The number of benzene rings is 1. The third-order valence-corrected chi connectivity index (χ3v) is 5.64. The summed E-state index contributed by atoms with van der Waals surface area (Å²) in [7, 11) is 0. The first-order chi connectivity index (χ1) is 10.1. The van der Waals surface area contributed by atoms with Crippen LogP contribution in [0.25, 0.3) is 0 Å². The monoisotopic (exact) mass is 384 g/mol. The molecule has 1 N–H and O–H groups in total. The second-order valence-electron chi connectivity index (χ2n) is 5.45. The van der Waals surface area contributed by atoms with Gasteiger partial charge in [-0.2, -0.15) is 0 Å². The molecule has 3 rings (SSSR count). The standard InChI is InChI=1S/C16H18BrClN2S/c1-3-14-9(2)21-16(20-14)15(19-11-5-6-11)12-7-4-10(17)8-13(12)18/h4,7-8,11,15,19H,3,5-6H2,1-2H3. The molecule has 1 aromatic heterocycles. The molecule has 1 heterocycles. The van der Waals surface area contributed by atoms with Crippen molar-refractivity contribution in [2.75, 3.05) is 0 Å². The Morgan fingerprint density at radius 2 is 2.24 bits per heavy atom. The van der Waals surface area contributed by atoms with Gasteiger partial charge in [0.2, 0.25) is 0 Å². The summed E-state index contributed by atoms with van der Waals surface area (Å²) in [5.41, 5.74) is 2.31. The summed E-state index contributed by atoms with van der Waals surface area (Å²) >= 11 is 11.7. The molecule has 2 nitrogen and oxygen atoms in total. The second kappa shape index (κ2) is 6.37. The first-order valence-electron chi connectivity index (χ1n) is 7.25. The summed E-state index contributed by atoms with van der Waals surface area (Å²) in [5, 5.41) is 5.61. The van der Waals surface area contributed by atoms with Crippen molar-refractivity contribution in [3.05, 3.63) is 48.8 Å². The van der Waals surface area contributed by atoms with Crippen LogP contribution in [0.1, 0.15) is 46.9 Å². The molecule has 5 heteroatoms. The number of aryl methyl sites for hydroxylation is 2. The maximum Gasteiger partial charge on any atom is 0.115 e. The van der Waals surface area contributed by atoms with Gasteiger partial charge in [0.25, 0.3) is 0 Å². The number of halogens is 2. The zero-order valence-corrected chi connectivity index (χ0v) is 15.3. The summed E-state index contributed by atoms with van der Waals surface area (Å²) in [6.45, 7) is 4.30. The van der Waals surface area contributed by atoms with Crippen molar-refractivity contribution in [1.82, 2.24) is 10.3 Å². The average molecular weight is 386 g/mol. The fourth-order valence-electron chi connectivity index (χ4n) is 2.42. The molecule has 2 aromatic rings. The molecule has 1 aliphatic rings. The summed E-state index contributed by atoms with van der Waals surface area (Å²) in [6.07, 6.45) is 3.47. The van der Waals surface area contributed by atoms with E-state index in [2.05, 4.69) is 41.2 Å². The Morgan fingerprint density at radius 3 is 2.81 bits per heavy atom. The molecule has 21 heavy (non-hydrogen) atoms.